The highest BCUT2D eigenvalue weighted by Crippen LogP contribution is 2.17. The normalized spacial score (nSPS) is 10.8. The summed E-state index contributed by atoms with van der Waals surface area (Å²) in [6.07, 6.45) is 0.617. The van der Waals surface area contributed by atoms with Crippen LogP contribution in [0.1, 0.15) is 27.2 Å². The number of ether oxygens (including phenoxy) is 1. The summed E-state index contributed by atoms with van der Waals surface area (Å²) in [7, 11) is 1.61. The Balaban J connectivity index is 1.79. The van der Waals surface area contributed by atoms with Crippen molar-refractivity contribution in [1.82, 2.24) is 9.80 Å². The minimum atomic E-state index is -0.321. The molecular weight excluding hydrogens is 507 g/mol. The van der Waals surface area contributed by atoms with Gasteiger partial charge in [-0.25, -0.2) is 4.39 Å². The second kappa shape index (κ2) is 12.6. The predicted octanol–water partition coefficient (Wildman–Crippen LogP) is 5.36. The fourth-order valence-electron chi connectivity index (χ4n) is 3.35. The summed E-state index contributed by atoms with van der Waals surface area (Å²) in [6, 6.07) is 17.2. The average molecular weight is 533 g/mol. The molecule has 0 fully saturated rings. The number of halogens is 2. The van der Waals surface area contributed by atoms with Crippen molar-refractivity contribution in [3.8, 4) is 0 Å². The predicted molar refractivity (Wildman–Crippen MR) is 132 cm³/mol. The molecular formula is C25H26BrFN2O3S. The lowest BCUT2D eigenvalue weighted by molar-refractivity contribution is -0.133. The van der Waals surface area contributed by atoms with E-state index in [0.717, 1.165) is 14.9 Å². The number of nitrogens with zero attached hydrogens (tertiary/aromatic N) is 2. The molecule has 0 saturated carbocycles. The number of methoxy groups -OCH3 is 1. The maximum Gasteiger partial charge on any atom is 0.254 e. The van der Waals surface area contributed by atoms with Crippen molar-refractivity contribution in [2.45, 2.75) is 19.5 Å². The second-order valence-corrected chi connectivity index (χ2v) is 9.49. The van der Waals surface area contributed by atoms with Crippen LogP contribution in [-0.2, 0) is 22.6 Å². The first kappa shape index (κ1) is 25.1. The maximum absolute atomic E-state index is 13.4. The molecule has 0 aliphatic carbocycles. The van der Waals surface area contributed by atoms with Gasteiger partial charge in [-0.3, -0.25) is 9.59 Å². The Morgan fingerprint density at radius 1 is 1.03 bits per heavy atom. The molecule has 2 amide bonds. The Hall–Kier alpha value is -2.55. The number of benzene rings is 2. The minimum absolute atomic E-state index is 0.0539. The third-order valence-electron chi connectivity index (χ3n) is 5.03. The van der Waals surface area contributed by atoms with E-state index in [1.165, 1.54) is 12.1 Å². The lowest BCUT2D eigenvalue weighted by Gasteiger charge is -2.28. The molecule has 1 heterocycles. The summed E-state index contributed by atoms with van der Waals surface area (Å²) in [5, 5.41) is 1.96. The van der Waals surface area contributed by atoms with Crippen LogP contribution < -0.4 is 0 Å². The number of carbonyl (C=O) groups excluding carboxylic acids is 2. The smallest absolute Gasteiger partial charge is 0.254 e. The molecule has 0 spiro atoms. The van der Waals surface area contributed by atoms with Crippen molar-refractivity contribution in [2.75, 3.05) is 26.8 Å². The van der Waals surface area contributed by atoms with E-state index in [4.69, 9.17) is 4.74 Å². The van der Waals surface area contributed by atoms with Gasteiger partial charge in [-0.1, -0.05) is 40.2 Å². The van der Waals surface area contributed by atoms with Gasteiger partial charge in [0.1, 0.15) is 12.4 Å². The third-order valence-corrected chi connectivity index (χ3v) is 6.38. The molecule has 2 aromatic carbocycles. The number of carbonyl (C=O) groups is 2. The van der Waals surface area contributed by atoms with Crippen molar-refractivity contribution in [3.63, 3.8) is 0 Å². The summed E-state index contributed by atoms with van der Waals surface area (Å²) in [5.41, 5.74) is 1.34. The van der Waals surface area contributed by atoms with E-state index in [-0.39, 0.29) is 24.2 Å². The Kier molecular flexibility index (Phi) is 9.60. The molecule has 0 aliphatic heterocycles. The molecule has 0 atom stereocenters. The van der Waals surface area contributed by atoms with E-state index in [2.05, 4.69) is 15.9 Å². The fourth-order valence-corrected chi connectivity index (χ4v) is 4.47. The van der Waals surface area contributed by atoms with E-state index in [1.807, 2.05) is 23.6 Å². The van der Waals surface area contributed by atoms with Crippen LogP contribution in [0.5, 0.6) is 0 Å². The van der Waals surface area contributed by atoms with Crippen LogP contribution in [0.2, 0.25) is 0 Å². The lowest BCUT2D eigenvalue weighted by Crippen LogP contribution is -2.43. The Morgan fingerprint density at radius 3 is 2.48 bits per heavy atom. The lowest BCUT2D eigenvalue weighted by atomic mass is 10.2. The van der Waals surface area contributed by atoms with Crippen LogP contribution in [0.3, 0.4) is 0 Å². The van der Waals surface area contributed by atoms with Gasteiger partial charge < -0.3 is 14.5 Å². The average Bonchev–Trinajstić information content (AvgIpc) is 3.32. The van der Waals surface area contributed by atoms with Gasteiger partial charge in [-0.15, -0.1) is 11.3 Å². The molecule has 0 unspecified atom stereocenters. The van der Waals surface area contributed by atoms with Gasteiger partial charge in [0.05, 0.1) is 6.54 Å². The van der Waals surface area contributed by atoms with E-state index >= 15 is 0 Å². The van der Waals surface area contributed by atoms with Crippen LogP contribution in [0, 0.1) is 5.82 Å². The third kappa shape index (κ3) is 7.77. The molecule has 0 saturated heterocycles. The van der Waals surface area contributed by atoms with E-state index in [9.17, 15) is 14.0 Å². The zero-order chi connectivity index (χ0) is 23.6. The Bertz CT molecular complexity index is 1040. The molecule has 3 aromatic rings. The summed E-state index contributed by atoms with van der Waals surface area (Å²) in [5.74, 6) is -0.703. The number of hydrogen-bond acceptors (Lipinski definition) is 4. The van der Waals surface area contributed by atoms with Crippen LogP contribution in [0.4, 0.5) is 4.39 Å². The second-order valence-electron chi connectivity index (χ2n) is 7.54. The van der Waals surface area contributed by atoms with Gasteiger partial charge in [0.25, 0.3) is 5.91 Å². The highest BCUT2D eigenvalue weighted by molar-refractivity contribution is 9.10. The van der Waals surface area contributed by atoms with E-state index < -0.39 is 0 Å². The SMILES string of the molecule is COCCCN(CC(=O)N(Cc1ccc(F)cc1)Cc1cccs1)C(=O)c1cccc(Br)c1. The first-order chi connectivity index (χ1) is 16.0. The zero-order valence-electron chi connectivity index (χ0n) is 18.4. The van der Waals surface area contributed by atoms with Crippen molar-refractivity contribution in [3.05, 3.63) is 92.3 Å². The van der Waals surface area contributed by atoms with Crippen molar-refractivity contribution < 1.29 is 18.7 Å². The van der Waals surface area contributed by atoms with Crippen molar-refractivity contribution in [1.29, 1.82) is 0 Å². The monoisotopic (exact) mass is 532 g/mol. The van der Waals surface area contributed by atoms with E-state index in [0.29, 0.717) is 38.2 Å². The van der Waals surface area contributed by atoms with Crippen LogP contribution in [0.25, 0.3) is 0 Å². The highest BCUT2D eigenvalue weighted by Gasteiger charge is 2.23. The quantitative estimate of drug-likeness (QED) is 0.312. The van der Waals surface area contributed by atoms with E-state index in [1.54, 1.807) is 58.6 Å². The Morgan fingerprint density at radius 2 is 1.82 bits per heavy atom. The summed E-state index contributed by atoms with van der Waals surface area (Å²) >= 11 is 4.97. The van der Waals surface area contributed by atoms with Gasteiger partial charge in [-0.05, 0) is 53.8 Å². The molecule has 0 radical (unpaired) electrons. The molecule has 8 heteroatoms. The van der Waals surface area contributed by atoms with Crippen LogP contribution >= 0.6 is 27.3 Å². The highest BCUT2D eigenvalue weighted by atomic mass is 79.9. The van der Waals surface area contributed by atoms with Crippen molar-refractivity contribution in [2.24, 2.45) is 0 Å². The largest absolute Gasteiger partial charge is 0.385 e. The number of hydrogen-bond donors (Lipinski definition) is 0. The standard InChI is InChI=1S/C25H26BrFN2O3S/c1-32-13-4-12-28(25(31)20-5-2-6-21(26)15-20)18-24(30)29(17-23-7-3-14-33-23)16-19-8-10-22(27)11-9-19/h2-3,5-11,14-15H,4,12-13,16-18H2,1H3. The molecule has 174 valence electrons. The number of rotatable bonds is 11. The van der Waals surface area contributed by atoms with Crippen LogP contribution in [-0.4, -0.2) is 48.4 Å². The van der Waals surface area contributed by atoms with Gasteiger partial charge in [-0.2, -0.15) is 0 Å². The molecule has 3 rings (SSSR count). The first-order valence-electron chi connectivity index (χ1n) is 10.5. The molecule has 0 bridgehead atoms. The summed E-state index contributed by atoms with van der Waals surface area (Å²) in [4.78, 5) is 30.9. The molecule has 33 heavy (non-hydrogen) atoms. The molecule has 0 N–H and O–H groups in total. The fraction of sp³-hybridized carbons (Fsp3) is 0.280. The van der Waals surface area contributed by atoms with Crippen LogP contribution in [0.15, 0.2) is 70.5 Å². The minimum Gasteiger partial charge on any atom is -0.385 e. The summed E-state index contributed by atoms with van der Waals surface area (Å²) < 4.78 is 19.3. The Labute approximate surface area is 205 Å². The van der Waals surface area contributed by atoms with Gasteiger partial charge in [0, 0.05) is 41.7 Å². The van der Waals surface area contributed by atoms with Gasteiger partial charge >= 0.3 is 0 Å². The van der Waals surface area contributed by atoms with Gasteiger partial charge in [0.2, 0.25) is 5.91 Å². The number of amides is 2. The van der Waals surface area contributed by atoms with Crippen molar-refractivity contribution >= 4 is 39.1 Å². The van der Waals surface area contributed by atoms with Gasteiger partial charge in [0.15, 0.2) is 0 Å². The number of thiophene rings is 1. The maximum atomic E-state index is 13.4. The topological polar surface area (TPSA) is 49.9 Å². The molecule has 0 aliphatic rings. The molecule has 1 aromatic heterocycles. The summed E-state index contributed by atoms with van der Waals surface area (Å²) in [6.45, 7) is 1.58. The first-order valence-corrected chi connectivity index (χ1v) is 12.2. The molecule has 5 nitrogen and oxygen atoms in total. The zero-order valence-corrected chi connectivity index (χ0v) is 20.8.